The van der Waals surface area contributed by atoms with Gasteiger partial charge in [-0.2, -0.15) is 0 Å². The SMILES string of the molecule is CCc1cccc(NC(=O)CCl)c1CC. The Balaban J connectivity index is 3.00. The van der Waals surface area contributed by atoms with Gasteiger partial charge in [-0.15, -0.1) is 11.6 Å². The second-order valence-corrected chi connectivity index (χ2v) is 3.60. The molecule has 0 heterocycles. The van der Waals surface area contributed by atoms with E-state index in [1.54, 1.807) is 0 Å². The molecule has 0 aliphatic heterocycles. The van der Waals surface area contributed by atoms with Gasteiger partial charge in [-0.3, -0.25) is 4.79 Å². The number of aryl methyl sites for hydroxylation is 1. The van der Waals surface area contributed by atoms with Crippen LogP contribution in [0.3, 0.4) is 0 Å². The molecule has 0 saturated carbocycles. The largest absolute Gasteiger partial charge is 0.325 e. The molecular formula is C12H16ClNO. The summed E-state index contributed by atoms with van der Waals surface area (Å²) in [4.78, 5) is 11.2. The van der Waals surface area contributed by atoms with Crippen LogP contribution in [0.5, 0.6) is 0 Å². The minimum Gasteiger partial charge on any atom is -0.325 e. The third kappa shape index (κ3) is 2.96. The van der Waals surface area contributed by atoms with Crippen molar-refractivity contribution in [1.29, 1.82) is 0 Å². The number of carbonyl (C=O) groups is 1. The Morgan fingerprint density at radius 1 is 1.33 bits per heavy atom. The molecular weight excluding hydrogens is 210 g/mol. The molecule has 0 atom stereocenters. The molecule has 0 saturated heterocycles. The predicted molar refractivity (Wildman–Crippen MR) is 64.5 cm³/mol. The minimum atomic E-state index is -0.153. The summed E-state index contributed by atoms with van der Waals surface area (Å²) >= 11 is 5.46. The van der Waals surface area contributed by atoms with Crippen LogP contribution < -0.4 is 5.32 Å². The van der Waals surface area contributed by atoms with Gasteiger partial charge in [0.2, 0.25) is 5.91 Å². The molecule has 3 heteroatoms. The van der Waals surface area contributed by atoms with Gasteiger partial charge in [-0.25, -0.2) is 0 Å². The van der Waals surface area contributed by atoms with E-state index in [2.05, 4.69) is 25.2 Å². The van der Waals surface area contributed by atoms with Gasteiger partial charge in [-0.05, 0) is 30.0 Å². The van der Waals surface area contributed by atoms with Crippen molar-refractivity contribution in [3.63, 3.8) is 0 Å². The van der Waals surface area contributed by atoms with Crippen LogP contribution in [-0.4, -0.2) is 11.8 Å². The number of rotatable bonds is 4. The first kappa shape index (κ1) is 12.1. The maximum absolute atomic E-state index is 11.2. The molecule has 0 fully saturated rings. The molecule has 0 unspecified atom stereocenters. The van der Waals surface area contributed by atoms with Gasteiger partial charge in [0, 0.05) is 5.69 Å². The van der Waals surface area contributed by atoms with E-state index in [0.717, 1.165) is 18.5 Å². The van der Waals surface area contributed by atoms with Crippen molar-refractivity contribution in [3.8, 4) is 0 Å². The Bertz CT molecular complexity index is 349. The number of halogens is 1. The zero-order valence-electron chi connectivity index (χ0n) is 9.14. The molecule has 1 aromatic carbocycles. The van der Waals surface area contributed by atoms with Crippen molar-refractivity contribution in [2.75, 3.05) is 11.2 Å². The summed E-state index contributed by atoms with van der Waals surface area (Å²) < 4.78 is 0. The van der Waals surface area contributed by atoms with Crippen LogP contribution in [0.2, 0.25) is 0 Å². The Morgan fingerprint density at radius 2 is 2.07 bits per heavy atom. The number of carbonyl (C=O) groups excluding carboxylic acids is 1. The van der Waals surface area contributed by atoms with Gasteiger partial charge in [0.15, 0.2) is 0 Å². The van der Waals surface area contributed by atoms with E-state index in [-0.39, 0.29) is 11.8 Å². The molecule has 0 aromatic heterocycles. The fraction of sp³-hybridized carbons (Fsp3) is 0.417. The van der Waals surface area contributed by atoms with Crippen LogP contribution in [0.15, 0.2) is 18.2 Å². The average molecular weight is 226 g/mol. The lowest BCUT2D eigenvalue weighted by molar-refractivity contribution is -0.113. The maximum Gasteiger partial charge on any atom is 0.239 e. The van der Waals surface area contributed by atoms with E-state index >= 15 is 0 Å². The molecule has 15 heavy (non-hydrogen) atoms. The fourth-order valence-corrected chi connectivity index (χ4v) is 1.75. The van der Waals surface area contributed by atoms with Crippen molar-refractivity contribution in [2.24, 2.45) is 0 Å². The standard InChI is InChI=1S/C12H16ClNO/c1-3-9-6-5-7-11(10(9)4-2)14-12(15)8-13/h5-7H,3-4,8H2,1-2H3,(H,14,15). The molecule has 0 radical (unpaired) electrons. The average Bonchev–Trinajstić information content (AvgIpc) is 2.28. The molecule has 0 aliphatic rings. The first-order chi connectivity index (χ1) is 7.22. The number of benzene rings is 1. The zero-order valence-corrected chi connectivity index (χ0v) is 9.90. The Morgan fingerprint density at radius 3 is 2.60 bits per heavy atom. The third-order valence-electron chi connectivity index (χ3n) is 2.40. The zero-order chi connectivity index (χ0) is 11.3. The van der Waals surface area contributed by atoms with E-state index < -0.39 is 0 Å². The Labute approximate surface area is 95.6 Å². The number of amides is 1. The molecule has 0 spiro atoms. The summed E-state index contributed by atoms with van der Waals surface area (Å²) in [6.07, 6.45) is 1.90. The summed E-state index contributed by atoms with van der Waals surface area (Å²) in [5.74, 6) is -0.154. The van der Waals surface area contributed by atoms with E-state index in [4.69, 9.17) is 11.6 Å². The van der Waals surface area contributed by atoms with Crippen molar-refractivity contribution in [3.05, 3.63) is 29.3 Å². The summed E-state index contributed by atoms with van der Waals surface area (Å²) in [5.41, 5.74) is 3.38. The molecule has 0 aliphatic carbocycles. The Hall–Kier alpha value is -1.02. The van der Waals surface area contributed by atoms with Crippen LogP contribution >= 0.6 is 11.6 Å². The van der Waals surface area contributed by atoms with Gasteiger partial charge in [-0.1, -0.05) is 26.0 Å². The van der Waals surface area contributed by atoms with Crippen LogP contribution in [0.4, 0.5) is 5.69 Å². The van der Waals surface area contributed by atoms with Gasteiger partial charge < -0.3 is 5.32 Å². The monoisotopic (exact) mass is 225 g/mol. The van der Waals surface area contributed by atoms with Gasteiger partial charge in [0.25, 0.3) is 0 Å². The van der Waals surface area contributed by atoms with E-state index in [9.17, 15) is 4.79 Å². The lowest BCUT2D eigenvalue weighted by atomic mass is 10.0. The van der Waals surface area contributed by atoms with Crippen molar-refractivity contribution >= 4 is 23.2 Å². The van der Waals surface area contributed by atoms with Crippen molar-refractivity contribution < 1.29 is 4.79 Å². The quantitative estimate of drug-likeness (QED) is 0.785. The lowest BCUT2D eigenvalue weighted by Gasteiger charge is -2.12. The van der Waals surface area contributed by atoms with E-state index in [1.165, 1.54) is 11.1 Å². The molecule has 2 nitrogen and oxygen atoms in total. The lowest BCUT2D eigenvalue weighted by Crippen LogP contribution is -2.14. The summed E-state index contributed by atoms with van der Waals surface area (Å²) in [6.45, 7) is 4.20. The highest BCUT2D eigenvalue weighted by Gasteiger charge is 2.07. The number of anilines is 1. The van der Waals surface area contributed by atoms with Crippen molar-refractivity contribution in [2.45, 2.75) is 26.7 Å². The highest BCUT2D eigenvalue weighted by Crippen LogP contribution is 2.21. The normalized spacial score (nSPS) is 10.1. The highest BCUT2D eigenvalue weighted by molar-refractivity contribution is 6.29. The topological polar surface area (TPSA) is 29.1 Å². The molecule has 1 aromatic rings. The van der Waals surface area contributed by atoms with Crippen LogP contribution in [0.1, 0.15) is 25.0 Å². The van der Waals surface area contributed by atoms with Crippen LogP contribution in [0.25, 0.3) is 0 Å². The first-order valence-corrected chi connectivity index (χ1v) is 5.72. The molecule has 0 bridgehead atoms. The Kier molecular flexibility index (Phi) is 4.63. The second-order valence-electron chi connectivity index (χ2n) is 3.33. The number of hydrogen-bond donors (Lipinski definition) is 1. The maximum atomic E-state index is 11.2. The van der Waals surface area contributed by atoms with Crippen molar-refractivity contribution in [1.82, 2.24) is 0 Å². The number of nitrogens with one attached hydrogen (secondary N) is 1. The van der Waals surface area contributed by atoms with E-state index in [0.29, 0.717) is 0 Å². The van der Waals surface area contributed by atoms with Crippen LogP contribution in [0, 0.1) is 0 Å². The van der Waals surface area contributed by atoms with E-state index in [1.807, 2.05) is 12.1 Å². The summed E-state index contributed by atoms with van der Waals surface area (Å²) in [6, 6.07) is 5.97. The fourth-order valence-electron chi connectivity index (χ4n) is 1.68. The number of hydrogen-bond acceptors (Lipinski definition) is 1. The van der Waals surface area contributed by atoms with Crippen LogP contribution in [-0.2, 0) is 17.6 Å². The molecule has 1 rings (SSSR count). The molecule has 82 valence electrons. The molecule has 1 N–H and O–H groups in total. The number of alkyl halides is 1. The highest BCUT2D eigenvalue weighted by atomic mass is 35.5. The summed E-state index contributed by atoms with van der Waals surface area (Å²) in [5, 5.41) is 2.81. The van der Waals surface area contributed by atoms with Gasteiger partial charge in [0.1, 0.15) is 5.88 Å². The predicted octanol–water partition coefficient (Wildman–Crippen LogP) is 2.99. The molecule has 1 amide bonds. The smallest absolute Gasteiger partial charge is 0.239 e. The minimum absolute atomic E-state index is 0.000489. The second kappa shape index (κ2) is 5.76. The third-order valence-corrected chi connectivity index (χ3v) is 2.65. The summed E-state index contributed by atoms with van der Waals surface area (Å²) in [7, 11) is 0. The van der Waals surface area contributed by atoms with Gasteiger partial charge >= 0.3 is 0 Å². The van der Waals surface area contributed by atoms with Gasteiger partial charge in [0.05, 0.1) is 0 Å². The first-order valence-electron chi connectivity index (χ1n) is 5.19.